The molecule has 4 rings (SSSR count). The van der Waals surface area contributed by atoms with Crippen LogP contribution in [0.4, 0.5) is 11.4 Å². The van der Waals surface area contributed by atoms with Gasteiger partial charge in [-0.1, -0.05) is 6.07 Å². The number of non-ortho nitro benzene ring substituents is 1. The molecule has 0 saturated heterocycles. The molecule has 210 valence electrons. The van der Waals surface area contributed by atoms with Crippen LogP contribution in [0.3, 0.4) is 0 Å². The lowest BCUT2D eigenvalue weighted by molar-refractivity contribution is -0.383. The van der Waals surface area contributed by atoms with Gasteiger partial charge in [0, 0.05) is 31.4 Å². The summed E-state index contributed by atoms with van der Waals surface area (Å²) in [4.78, 5) is 43.0. The van der Waals surface area contributed by atoms with Crippen molar-refractivity contribution < 1.29 is 23.9 Å². The SMILES string of the molecule is COc1cc(CNc2ccc(C(=O)NCCN(C)C)c3[nH]c4c([N+](=O)[O-])cccc4c(=O)c23)cc(OC)c1OC. The molecule has 0 aliphatic heterocycles. The van der Waals surface area contributed by atoms with Gasteiger partial charge in [-0.05, 0) is 50.0 Å². The summed E-state index contributed by atoms with van der Waals surface area (Å²) in [7, 11) is 8.34. The number of carbonyl (C=O) groups excluding carboxylic acids is 1. The second-order valence-corrected chi connectivity index (χ2v) is 9.27. The number of ether oxygens (including phenoxy) is 3. The molecule has 0 radical (unpaired) electrons. The summed E-state index contributed by atoms with van der Waals surface area (Å²) in [6.45, 7) is 1.27. The van der Waals surface area contributed by atoms with Crippen LogP contribution in [0.25, 0.3) is 21.8 Å². The van der Waals surface area contributed by atoms with E-state index in [0.717, 1.165) is 5.56 Å². The van der Waals surface area contributed by atoms with Crippen molar-refractivity contribution in [3.63, 3.8) is 0 Å². The maximum absolute atomic E-state index is 13.8. The number of anilines is 1. The van der Waals surface area contributed by atoms with Crippen LogP contribution in [0.1, 0.15) is 15.9 Å². The van der Waals surface area contributed by atoms with Crippen LogP contribution in [0.5, 0.6) is 17.2 Å². The second kappa shape index (κ2) is 11.9. The van der Waals surface area contributed by atoms with Gasteiger partial charge < -0.3 is 34.7 Å². The topological polar surface area (TPSA) is 148 Å². The van der Waals surface area contributed by atoms with Crippen LogP contribution < -0.4 is 30.3 Å². The summed E-state index contributed by atoms with van der Waals surface area (Å²) in [6.07, 6.45) is 0. The average Bonchev–Trinajstić information content (AvgIpc) is 2.94. The van der Waals surface area contributed by atoms with E-state index in [9.17, 15) is 19.7 Å². The summed E-state index contributed by atoms with van der Waals surface area (Å²) in [5.74, 6) is 0.999. The van der Waals surface area contributed by atoms with E-state index in [1.54, 1.807) is 24.3 Å². The Hall–Kier alpha value is -4.84. The number of aromatic amines is 1. The quantitative estimate of drug-likeness (QED) is 0.145. The highest BCUT2D eigenvalue weighted by Gasteiger charge is 2.21. The largest absolute Gasteiger partial charge is 0.493 e. The molecular formula is C28H31N5O7. The highest BCUT2D eigenvalue weighted by Crippen LogP contribution is 2.38. The maximum Gasteiger partial charge on any atom is 0.293 e. The Labute approximate surface area is 230 Å². The third kappa shape index (κ3) is 5.47. The molecule has 0 bridgehead atoms. The zero-order chi connectivity index (χ0) is 29.0. The molecule has 1 aromatic heterocycles. The Kier molecular flexibility index (Phi) is 8.39. The van der Waals surface area contributed by atoms with Crippen LogP contribution in [0.2, 0.25) is 0 Å². The van der Waals surface area contributed by atoms with E-state index in [0.29, 0.717) is 36.0 Å². The number of nitro benzene ring substituents is 1. The minimum absolute atomic E-state index is 0.0501. The smallest absolute Gasteiger partial charge is 0.293 e. The Morgan fingerprint density at radius 2 is 1.73 bits per heavy atom. The number of aromatic nitrogens is 1. The van der Waals surface area contributed by atoms with Gasteiger partial charge in [-0.3, -0.25) is 19.7 Å². The van der Waals surface area contributed by atoms with E-state index < -0.39 is 16.3 Å². The molecule has 12 nitrogen and oxygen atoms in total. The molecule has 40 heavy (non-hydrogen) atoms. The molecule has 0 aliphatic carbocycles. The minimum atomic E-state index is -0.562. The molecule has 3 aromatic carbocycles. The Bertz CT molecular complexity index is 1620. The van der Waals surface area contributed by atoms with Crippen molar-refractivity contribution in [2.24, 2.45) is 0 Å². The third-order valence-corrected chi connectivity index (χ3v) is 6.46. The first-order valence-electron chi connectivity index (χ1n) is 12.4. The lowest BCUT2D eigenvalue weighted by Gasteiger charge is -2.16. The molecule has 0 saturated carbocycles. The number of rotatable bonds is 11. The Morgan fingerprint density at radius 1 is 1.02 bits per heavy atom. The number of hydrogen-bond donors (Lipinski definition) is 3. The number of likely N-dealkylation sites (N-methyl/N-ethyl adjacent to an activating group) is 1. The number of pyridine rings is 1. The van der Waals surface area contributed by atoms with Crippen molar-refractivity contribution in [2.75, 3.05) is 53.8 Å². The molecule has 0 fully saturated rings. The van der Waals surface area contributed by atoms with Gasteiger partial charge in [-0.25, -0.2) is 0 Å². The van der Waals surface area contributed by atoms with Crippen molar-refractivity contribution >= 4 is 39.1 Å². The monoisotopic (exact) mass is 549 g/mol. The van der Waals surface area contributed by atoms with E-state index in [2.05, 4.69) is 15.6 Å². The lowest BCUT2D eigenvalue weighted by atomic mass is 10.0. The Morgan fingerprint density at radius 3 is 2.33 bits per heavy atom. The van der Waals surface area contributed by atoms with Gasteiger partial charge in [0.1, 0.15) is 5.52 Å². The zero-order valence-corrected chi connectivity index (χ0v) is 22.9. The number of carbonyl (C=O) groups is 1. The highest BCUT2D eigenvalue weighted by molar-refractivity contribution is 6.11. The van der Waals surface area contributed by atoms with E-state index >= 15 is 0 Å². The number of para-hydroxylation sites is 1. The van der Waals surface area contributed by atoms with Crippen LogP contribution in [0.15, 0.2) is 47.3 Å². The van der Waals surface area contributed by atoms with Gasteiger partial charge in [0.15, 0.2) is 16.9 Å². The van der Waals surface area contributed by atoms with Gasteiger partial charge in [0.2, 0.25) is 5.75 Å². The molecule has 12 heteroatoms. The fourth-order valence-electron chi connectivity index (χ4n) is 4.50. The summed E-state index contributed by atoms with van der Waals surface area (Å²) in [5, 5.41) is 18.2. The molecular weight excluding hydrogens is 518 g/mol. The van der Waals surface area contributed by atoms with Crippen molar-refractivity contribution in [1.29, 1.82) is 0 Å². The number of fused-ring (bicyclic) bond motifs is 2. The summed E-state index contributed by atoms with van der Waals surface area (Å²) in [5.41, 5.74) is 0.973. The number of H-pyrrole nitrogens is 1. The second-order valence-electron chi connectivity index (χ2n) is 9.27. The molecule has 0 aliphatic rings. The molecule has 1 heterocycles. The first-order chi connectivity index (χ1) is 19.2. The van der Waals surface area contributed by atoms with E-state index in [-0.39, 0.29) is 39.6 Å². The van der Waals surface area contributed by atoms with Gasteiger partial charge in [-0.2, -0.15) is 0 Å². The zero-order valence-electron chi connectivity index (χ0n) is 22.9. The number of nitrogens with zero attached hydrogens (tertiary/aromatic N) is 2. The fourth-order valence-corrected chi connectivity index (χ4v) is 4.50. The molecule has 4 aromatic rings. The van der Waals surface area contributed by atoms with Crippen molar-refractivity contribution in [2.45, 2.75) is 6.54 Å². The number of amides is 1. The van der Waals surface area contributed by atoms with Gasteiger partial charge in [0.05, 0.1) is 48.1 Å². The molecule has 0 spiro atoms. The van der Waals surface area contributed by atoms with Gasteiger partial charge in [0.25, 0.3) is 11.6 Å². The summed E-state index contributed by atoms with van der Waals surface area (Å²) < 4.78 is 16.3. The first kappa shape index (κ1) is 28.2. The van der Waals surface area contributed by atoms with Crippen molar-refractivity contribution in [3.8, 4) is 17.2 Å². The first-order valence-corrected chi connectivity index (χ1v) is 12.4. The molecule has 1 amide bonds. The van der Waals surface area contributed by atoms with E-state index in [4.69, 9.17) is 14.2 Å². The molecule has 3 N–H and O–H groups in total. The highest BCUT2D eigenvalue weighted by atomic mass is 16.6. The van der Waals surface area contributed by atoms with Crippen LogP contribution in [-0.4, -0.2) is 69.2 Å². The molecule has 0 unspecified atom stereocenters. The van der Waals surface area contributed by atoms with Gasteiger partial charge >= 0.3 is 0 Å². The van der Waals surface area contributed by atoms with Crippen LogP contribution in [-0.2, 0) is 6.54 Å². The predicted octanol–water partition coefficient (Wildman–Crippen LogP) is 3.52. The number of hydrogen-bond acceptors (Lipinski definition) is 9. The number of methoxy groups -OCH3 is 3. The number of nitrogens with one attached hydrogen (secondary N) is 3. The van der Waals surface area contributed by atoms with E-state index in [1.165, 1.54) is 39.5 Å². The Balaban J connectivity index is 1.85. The fraction of sp³-hybridized carbons (Fsp3) is 0.286. The summed E-state index contributed by atoms with van der Waals surface area (Å²) >= 11 is 0. The normalized spacial score (nSPS) is 11.1. The van der Waals surface area contributed by atoms with Crippen LogP contribution >= 0.6 is 0 Å². The number of benzene rings is 3. The molecule has 0 atom stereocenters. The van der Waals surface area contributed by atoms with E-state index in [1.807, 2.05) is 19.0 Å². The van der Waals surface area contributed by atoms with Crippen molar-refractivity contribution in [3.05, 3.63) is 73.9 Å². The average molecular weight is 550 g/mol. The predicted molar refractivity (Wildman–Crippen MR) is 153 cm³/mol. The summed E-state index contributed by atoms with van der Waals surface area (Å²) in [6, 6.07) is 11.1. The third-order valence-electron chi connectivity index (χ3n) is 6.46. The number of nitro groups is 1. The van der Waals surface area contributed by atoms with Crippen LogP contribution in [0, 0.1) is 10.1 Å². The van der Waals surface area contributed by atoms with Crippen molar-refractivity contribution in [1.82, 2.24) is 15.2 Å². The minimum Gasteiger partial charge on any atom is -0.493 e. The standard InChI is InChI=1S/C28H31N5O7/c1-32(2)12-11-29-28(35)18-9-10-19(30-15-16-13-21(38-3)27(40-5)22(14-16)39-4)23-25(18)31-24-17(26(23)34)7-6-8-20(24)33(36)37/h6-10,13-14,30H,11-12,15H2,1-5H3,(H,29,35)(H,31,34). The van der Waals surface area contributed by atoms with Gasteiger partial charge in [-0.15, -0.1) is 0 Å². The maximum atomic E-state index is 13.8. The lowest BCUT2D eigenvalue weighted by Crippen LogP contribution is -2.31.